The molecule has 0 spiro atoms. The predicted molar refractivity (Wildman–Crippen MR) is 136 cm³/mol. The summed E-state index contributed by atoms with van der Waals surface area (Å²) in [5, 5.41) is 5.07. The topological polar surface area (TPSA) is 76.2 Å². The van der Waals surface area contributed by atoms with Crippen molar-refractivity contribution >= 4 is 27.7 Å². The van der Waals surface area contributed by atoms with Gasteiger partial charge in [0.2, 0.25) is 0 Å². The quantitative estimate of drug-likeness (QED) is 0.334. The molecule has 1 aliphatic carbocycles. The summed E-state index contributed by atoms with van der Waals surface area (Å²) in [7, 11) is 3.26. The van der Waals surface area contributed by atoms with Crippen LogP contribution in [-0.4, -0.2) is 36.6 Å². The molecule has 2 heterocycles. The standard InChI is InChI=1S/C28H29N3O3/c1-33-19-12-13-25(34-2)22(16-19)27-26-21(20-10-6-7-11-23(20)30-26)17-24(31-27)28(32)29-15-14-18-8-4-3-5-9-18/h6-8,10-13,16-17,30H,3-5,9,14-15H2,1-2H3,(H,29,32). The molecule has 34 heavy (non-hydrogen) atoms. The number of carbonyl (C=O) groups excluding carboxylic acids is 1. The minimum absolute atomic E-state index is 0.174. The van der Waals surface area contributed by atoms with Gasteiger partial charge in [0.1, 0.15) is 17.2 Å². The first kappa shape index (κ1) is 22.0. The zero-order valence-corrected chi connectivity index (χ0v) is 19.6. The summed E-state index contributed by atoms with van der Waals surface area (Å²) in [5.74, 6) is 1.18. The molecular weight excluding hydrogens is 426 g/mol. The van der Waals surface area contributed by atoms with Gasteiger partial charge in [-0.05, 0) is 62.4 Å². The van der Waals surface area contributed by atoms with Crippen molar-refractivity contribution in [3.05, 3.63) is 65.9 Å². The van der Waals surface area contributed by atoms with Gasteiger partial charge in [-0.2, -0.15) is 0 Å². The molecule has 0 saturated carbocycles. The second-order valence-electron chi connectivity index (χ2n) is 8.63. The lowest BCUT2D eigenvalue weighted by atomic mass is 9.97. The number of aromatic nitrogens is 2. The molecule has 2 N–H and O–H groups in total. The molecule has 2 aromatic heterocycles. The third kappa shape index (κ3) is 4.23. The molecule has 6 nitrogen and oxygen atoms in total. The summed E-state index contributed by atoms with van der Waals surface area (Å²) in [4.78, 5) is 21.5. The van der Waals surface area contributed by atoms with Gasteiger partial charge in [0, 0.05) is 28.4 Å². The molecule has 2 aromatic carbocycles. The number of pyridine rings is 1. The zero-order chi connectivity index (χ0) is 23.5. The fourth-order valence-electron chi connectivity index (χ4n) is 4.71. The molecule has 4 aromatic rings. The number of benzene rings is 2. The molecule has 0 radical (unpaired) electrons. The van der Waals surface area contributed by atoms with Gasteiger partial charge in [-0.1, -0.05) is 29.8 Å². The van der Waals surface area contributed by atoms with Gasteiger partial charge in [0.15, 0.2) is 0 Å². The van der Waals surface area contributed by atoms with Crippen LogP contribution >= 0.6 is 0 Å². The molecule has 6 heteroatoms. The smallest absolute Gasteiger partial charge is 0.269 e. The van der Waals surface area contributed by atoms with Crippen molar-refractivity contribution in [1.29, 1.82) is 0 Å². The number of nitrogens with one attached hydrogen (secondary N) is 2. The monoisotopic (exact) mass is 455 g/mol. The Morgan fingerprint density at radius 2 is 1.94 bits per heavy atom. The number of allylic oxidation sites excluding steroid dienone is 1. The molecular formula is C28H29N3O3. The highest BCUT2D eigenvalue weighted by Gasteiger charge is 2.20. The summed E-state index contributed by atoms with van der Waals surface area (Å²) in [6.07, 6.45) is 7.99. The molecule has 1 aliphatic rings. The lowest BCUT2D eigenvalue weighted by Crippen LogP contribution is -2.26. The number of nitrogens with zero attached hydrogens (tertiary/aromatic N) is 1. The highest BCUT2D eigenvalue weighted by molar-refractivity contribution is 6.13. The van der Waals surface area contributed by atoms with Crippen molar-refractivity contribution in [2.24, 2.45) is 0 Å². The van der Waals surface area contributed by atoms with Gasteiger partial charge in [-0.15, -0.1) is 0 Å². The van der Waals surface area contributed by atoms with E-state index in [1.807, 2.05) is 42.5 Å². The van der Waals surface area contributed by atoms with Crippen molar-refractivity contribution in [2.45, 2.75) is 32.1 Å². The molecule has 174 valence electrons. The average molecular weight is 456 g/mol. The van der Waals surface area contributed by atoms with E-state index in [1.165, 1.54) is 18.4 Å². The zero-order valence-electron chi connectivity index (χ0n) is 19.6. The first-order valence-electron chi connectivity index (χ1n) is 11.8. The van der Waals surface area contributed by atoms with Crippen LogP contribution < -0.4 is 14.8 Å². The Morgan fingerprint density at radius 1 is 1.06 bits per heavy atom. The number of ether oxygens (including phenoxy) is 2. The summed E-state index contributed by atoms with van der Waals surface area (Å²) >= 11 is 0. The second kappa shape index (κ2) is 9.59. The van der Waals surface area contributed by atoms with Crippen molar-refractivity contribution in [2.75, 3.05) is 20.8 Å². The van der Waals surface area contributed by atoms with E-state index in [4.69, 9.17) is 14.5 Å². The van der Waals surface area contributed by atoms with Crippen LogP contribution in [0.1, 0.15) is 42.6 Å². The minimum atomic E-state index is -0.174. The van der Waals surface area contributed by atoms with Gasteiger partial charge in [0.05, 0.1) is 25.4 Å². The Labute approximate surface area is 199 Å². The maximum atomic E-state index is 13.2. The van der Waals surface area contributed by atoms with E-state index in [0.29, 0.717) is 29.4 Å². The Kier molecular flexibility index (Phi) is 6.21. The normalized spacial score (nSPS) is 13.6. The van der Waals surface area contributed by atoms with E-state index in [9.17, 15) is 4.79 Å². The van der Waals surface area contributed by atoms with E-state index in [2.05, 4.69) is 22.4 Å². The highest BCUT2D eigenvalue weighted by Crippen LogP contribution is 2.38. The molecule has 0 atom stereocenters. The molecule has 0 bridgehead atoms. The van der Waals surface area contributed by atoms with E-state index < -0.39 is 0 Å². The summed E-state index contributed by atoms with van der Waals surface area (Å²) < 4.78 is 11.1. The van der Waals surface area contributed by atoms with E-state index in [1.54, 1.807) is 14.2 Å². The van der Waals surface area contributed by atoms with Crippen LogP contribution in [-0.2, 0) is 0 Å². The first-order chi connectivity index (χ1) is 16.7. The Morgan fingerprint density at radius 3 is 2.74 bits per heavy atom. The maximum absolute atomic E-state index is 13.2. The van der Waals surface area contributed by atoms with E-state index in [0.717, 1.165) is 46.6 Å². The van der Waals surface area contributed by atoms with Crippen LogP contribution in [0, 0.1) is 0 Å². The SMILES string of the molecule is COc1ccc(OC)c(-c2nc(C(=O)NCCC3=CCCCC3)cc3c2[nH]c2ccccc23)c1. The van der Waals surface area contributed by atoms with Crippen LogP contribution in [0.4, 0.5) is 0 Å². The number of para-hydroxylation sites is 1. The molecule has 5 rings (SSSR count). The van der Waals surface area contributed by atoms with Crippen LogP contribution in [0.25, 0.3) is 33.1 Å². The van der Waals surface area contributed by atoms with Gasteiger partial charge in [0.25, 0.3) is 5.91 Å². The number of hydrogen-bond acceptors (Lipinski definition) is 4. The molecule has 0 aliphatic heterocycles. The fraction of sp³-hybridized carbons (Fsp3) is 0.286. The van der Waals surface area contributed by atoms with Crippen molar-refractivity contribution < 1.29 is 14.3 Å². The van der Waals surface area contributed by atoms with Crippen molar-refractivity contribution in [1.82, 2.24) is 15.3 Å². The van der Waals surface area contributed by atoms with Crippen LogP contribution in [0.15, 0.2) is 60.2 Å². The lowest BCUT2D eigenvalue weighted by Gasteiger charge is -2.14. The van der Waals surface area contributed by atoms with Gasteiger partial charge in [-0.25, -0.2) is 4.98 Å². The summed E-state index contributed by atoms with van der Waals surface area (Å²) in [6.45, 7) is 0.607. The average Bonchev–Trinajstić information content (AvgIpc) is 3.27. The van der Waals surface area contributed by atoms with E-state index in [-0.39, 0.29) is 5.91 Å². The molecule has 0 unspecified atom stereocenters. The van der Waals surface area contributed by atoms with Crippen LogP contribution in [0.3, 0.4) is 0 Å². The minimum Gasteiger partial charge on any atom is -0.497 e. The van der Waals surface area contributed by atoms with Crippen molar-refractivity contribution in [3.63, 3.8) is 0 Å². The van der Waals surface area contributed by atoms with Crippen LogP contribution in [0.5, 0.6) is 11.5 Å². The lowest BCUT2D eigenvalue weighted by molar-refractivity contribution is 0.0949. The number of H-pyrrole nitrogens is 1. The van der Waals surface area contributed by atoms with Crippen LogP contribution in [0.2, 0.25) is 0 Å². The highest BCUT2D eigenvalue weighted by atomic mass is 16.5. The molecule has 0 saturated heterocycles. The molecule has 0 fully saturated rings. The first-order valence-corrected chi connectivity index (χ1v) is 11.8. The third-order valence-electron chi connectivity index (χ3n) is 6.51. The van der Waals surface area contributed by atoms with Gasteiger partial charge < -0.3 is 19.8 Å². The maximum Gasteiger partial charge on any atom is 0.269 e. The third-order valence-corrected chi connectivity index (χ3v) is 6.51. The number of rotatable bonds is 7. The number of aromatic amines is 1. The Hall–Kier alpha value is -3.80. The number of amides is 1. The van der Waals surface area contributed by atoms with Gasteiger partial charge >= 0.3 is 0 Å². The van der Waals surface area contributed by atoms with Gasteiger partial charge in [-0.3, -0.25) is 4.79 Å². The number of fused-ring (bicyclic) bond motifs is 3. The summed E-state index contributed by atoms with van der Waals surface area (Å²) in [6, 6.07) is 15.5. The number of carbonyl (C=O) groups is 1. The molecule has 1 amide bonds. The Bertz CT molecular complexity index is 1390. The number of hydrogen-bond donors (Lipinski definition) is 2. The second-order valence-corrected chi connectivity index (χ2v) is 8.63. The van der Waals surface area contributed by atoms with Crippen molar-refractivity contribution in [3.8, 4) is 22.8 Å². The largest absolute Gasteiger partial charge is 0.497 e. The fourth-order valence-corrected chi connectivity index (χ4v) is 4.71. The summed E-state index contributed by atoms with van der Waals surface area (Å²) in [5.41, 5.74) is 5.09. The van der Waals surface area contributed by atoms with E-state index >= 15 is 0 Å². The predicted octanol–water partition coefficient (Wildman–Crippen LogP) is 6.02. The Balaban J connectivity index is 1.58. The number of methoxy groups -OCH3 is 2.